The van der Waals surface area contributed by atoms with Crippen LogP contribution in [0.25, 0.3) is 0 Å². The molecule has 1 nitrogen and oxygen atoms in total. The Bertz CT molecular complexity index is 484. The zero-order valence-corrected chi connectivity index (χ0v) is 10.7. The van der Waals surface area contributed by atoms with Crippen molar-refractivity contribution in [3.05, 3.63) is 70.2 Å². The van der Waals surface area contributed by atoms with Crippen molar-refractivity contribution in [3.8, 4) is 0 Å². The summed E-state index contributed by atoms with van der Waals surface area (Å²) in [6.45, 7) is 3.80. The van der Waals surface area contributed by atoms with E-state index in [2.05, 4.69) is 0 Å². The molecule has 0 amide bonds. The minimum Gasteiger partial charge on any atom is -0.381 e. The number of aryl methyl sites for hydroxylation is 1. The van der Waals surface area contributed by atoms with Crippen LogP contribution in [0.5, 0.6) is 0 Å². The van der Waals surface area contributed by atoms with Crippen molar-refractivity contribution in [1.82, 2.24) is 0 Å². The Balaban J connectivity index is 2.49. The third-order valence-corrected chi connectivity index (χ3v) is 3.20. The van der Waals surface area contributed by atoms with Crippen LogP contribution in [0.4, 0.5) is 0 Å². The second-order valence-corrected chi connectivity index (χ2v) is 4.89. The van der Waals surface area contributed by atoms with Crippen molar-refractivity contribution in [3.63, 3.8) is 0 Å². The SMILES string of the molecule is Cc1cccc(C(C)(O)c2cccc(Cl)c2)c1. The first-order chi connectivity index (χ1) is 8.00. The lowest BCUT2D eigenvalue weighted by Gasteiger charge is -2.25. The van der Waals surface area contributed by atoms with Gasteiger partial charge in [-0.1, -0.05) is 53.6 Å². The van der Waals surface area contributed by atoms with Gasteiger partial charge in [-0.05, 0) is 37.1 Å². The Hall–Kier alpha value is -1.31. The van der Waals surface area contributed by atoms with Gasteiger partial charge in [-0.25, -0.2) is 0 Å². The molecule has 0 bridgehead atoms. The lowest BCUT2D eigenvalue weighted by molar-refractivity contribution is 0.102. The monoisotopic (exact) mass is 246 g/mol. The van der Waals surface area contributed by atoms with Crippen LogP contribution in [0.15, 0.2) is 48.5 Å². The quantitative estimate of drug-likeness (QED) is 0.852. The predicted octanol–water partition coefficient (Wildman–Crippen LogP) is 3.90. The van der Waals surface area contributed by atoms with E-state index < -0.39 is 5.60 Å². The van der Waals surface area contributed by atoms with Gasteiger partial charge >= 0.3 is 0 Å². The molecule has 1 N–H and O–H groups in total. The van der Waals surface area contributed by atoms with Crippen LogP contribution in [0.2, 0.25) is 5.02 Å². The summed E-state index contributed by atoms with van der Waals surface area (Å²) in [6.07, 6.45) is 0. The molecule has 0 aromatic heterocycles. The van der Waals surface area contributed by atoms with E-state index in [1.807, 2.05) is 43.3 Å². The largest absolute Gasteiger partial charge is 0.381 e. The summed E-state index contributed by atoms with van der Waals surface area (Å²) in [5.41, 5.74) is 1.79. The van der Waals surface area contributed by atoms with Crippen LogP contribution < -0.4 is 0 Å². The zero-order valence-electron chi connectivity index (χ0n) is 9.94. The van der Waals surface area contributed by atoms with E-state index in [9.17, 15) is 5.11 Å². The smallest absolute Gasteiger partial charge is 0.112 e. The highest BCUT2D eigenvalue weighted by molar-refractivity contribution is 6.30. The standard InChI is InChI=1S/C15H15ClO/c1-11-5-3-6-12(9-11)15(2,17)13-7-4-8-14(16)10-13/h3-10,17H,1-2H3. The van der Waals surface area contributed by atoms with Crippen LogP contribution >= 0.6 is 11.6 Å². The molecule has 2 heteroatoms. The summed E-state index contributed by atoms with van der Waals surface area (Å²) in [5, 5.41) is 11.3. The first-order valence-corrected chi connectivity index (χ1v) is 5.93. The van der Waals surface area contributed by atoms with Crippen LogP contribution in [0.3, 0.4) is 0 Å². The van der Waals surface area contributed by atoms with Crippen LogP contribution in [0, 0.1) is 6.92 Å². The van der Waals surface area contributed by atoms with Crippen LogP contribution in [-0.2, 0) is 5.60 Å². The lowest BCUT2D eigenvalue weighted by Crippen LogP contribution is -2.22. The van der Waals surface area contributed by atoms with E-state index in [-0.39, 0.29) is 0 Å². The molecule has 2 aromatic carbocycles. The Labute approximate surface area is 107 Å². The molecule has 0 radical (unpaired) electrons. The third kappa shape index (κ3) is 2.51. The molecule has 0 aliphatic rings. The van der Waals surface area contributed by atoms with Crippen molar-refractivity contribution < 1.29 is 5.11 Å². The fraction of sp³-hybridized carbons (Fsp3) is 0.200. The molecule has 2 rings (SSSR count). The number of rotatable bonds is 2. The Kier molecular flexibility index (Phi) is 3.23. The van der Waals surface area contributed by atoms with E-state index in [0.717, 1.165) is 16.7 Å². The average Bonchev–Trinajstić information content (AvgIpc) is 2.29. The summed E-state index contributed by atoms with van der Waals surface area (Å²) >= 11 is 5.96. The minimum atomic E-state index is -1.02. The first kappa shape index (κ1) is 12.2. The number of aliphatic hydroxyl groups is 1. The highest BCUT2D eigenvalue weighted by atomic mass is 35.5. The Morgan fingerprint density at radius 3 is 2.18 bits per heavy atom. The van der Waals surface area contributed by atoms with Crippen molar-refractivity contribution in [2.75, 3.05) is 0 Å². The molecular formula is C15H15ClO. The maximum atomic E-state index is 10.6. The van der Waals surface area contributed by atoms with Gasteiger partial charge in [-0.15, -0.1) is 0 Å². The van der Waals surface area contributed by atoms with E-state index in [1.54, 1.807) is 19.1 Å². The third-order valence-electron chi connectivity index (χ3n) is 2.97. The number of benzene rings is 2. The molecule has 2 aromatic rings. The molecular weight excluding hydrogens is 232 g/mol. The molecule has 0 saturated carbocycles. The summed E-state index contributed by atoms with van der Waals surface area (Å²) in [5.74, 6) is 0. The van der Waals surface area contributed by atoms with Crippen molar-refractivity contribution in [1.29, 1.82) is 0 Å². The van der Waals surface area contributed by atoms with Crippen molar-refractivity contribution >= 4 is 11.6 Å². The van der Waals surface area contributed by atoms with Gasteiger partial charge in [-0.3, -0.25) is 0 Å². The second-order valence-electron chi connectivity index (χ2n) is 4.45. The van der Waals surface area contributed by atoms with Gasteiger partial charge in [0.15, 0.2) is 0 Å². The van der Waals surface area contributed by atoms with Crippen LogP contribution in [0.1, 0.15) is 23.6 Å². The highest BCUT2D eigenvalue weighted by Gasteiger charge is 2.25. The van der Waals surface area contributed by atoms with Gasteiger partial charge in [-0.2, -0.15) is 0 Å². The maximum absolute atomic E-state index is 10.6. The van der Waals surface area contributed by atoms with Gasteiger partial charge in [0.2, 0.25) is 0 Å². The summed E-state index contributed by atoms with van der Waals surface area (Å²) in [6, 6.07) is 15.2. The summed E-state index contributed by atoms with van der Waals surface area (Å²) in [4.78, 5) is 0. The number of hydrogen-bond acceptors (Lipinski definition) is 1. The molecule has 0 saturated heterocycles. The zero-order chi connectivity index (χ0) is 12.5. The molecule has 0 spiro atoms. The summed E-state index contributed by atoms with van der Waals surface area (Å²) < 4.78 is 0. The van der Waals surface area contributed by atoms with Gasteiger partial charge in [0, 0.05) is 5.02 Å². The normalized spacial score (nSPS) is 14.4. The van der Waals surface area contributed by atoms with E-state index in [1.165, 1.54) is 0 Å². The minimum absolute atomic E-state index is 0.635. The van der Waals surface area contributed by atoms with E-state index in [4.69, 9.17) is 11.6 Å². The number of hydrogen-bond donors (Lipinski definition) is 1. The molecule has 0 fully saturated rings. The molecule has 0 aliphatic carbocycles. The molecule has 88 valence electrons. The Morgan fingerprint density at radius 1 is 1.00 bits per heavy atom. The average molecular weight is 247 g/mol. The van der Waals surface area contributed by atoms with Gasteiger partial charge in [0.1, 0.15) is 5.60 Å². The van der Waals surface area contributed by atoms with Crippen molar-refractivity contribution in [2.24, 2.45) is 0 Å². The summed E-state index contributed by atoms with van der Waals surface area (Å²) in [7, 11) is 0. The van der Waals surface area contributed by atoms with Crippen molar-refractivity contribution in [2.45, 2.75) is 19.4 Å². The second kappa shape index (κ2) is 4.52. The fourth-order valence-electron chi connectivity index (χ4n) is 1.91. The molecule has 17 heavy (non-hydrogen) atoms. The molecule has 1 atom stereocenters. The molecule has 1 unspecified atom stereocenters. The van der Waals surface area contributed by atoms with E-state index >= 15 is 0 Å². The predicted molar refractivity (Wildman–Crippen MR) is 71.3 cm³/mol. The molecule has 0 heterocycles. The fourth-order valence-corrected chi connectivity index (χ4v) is 2.10. The molecule has 0 aliphatic heterocycles. The van der Waals surface area contributed by atoms with Gasteiger partial charge in [0.05, 0.1) is 0 Å². The highest BCUT2D eigenvalue weighted by Crippen LogP contribution is 2.30. The van der Waals surface area contributed by atoms with Gasteiger partial charge in [0.25, 0.3) is 0 Å². The van der Waals surface area contributed by atoms with Gasteiger partial charge < -0.3 is 5.11 Å². The Morgan fingerprint density at radius 2 is 1.59 bits per heavy atom. The topological polar surface area (TPSA) is 20.2 Å². The number of halogens is 1. The van der Waals surface area contributed by atoms with Crippen LogP contribution in [-0.4, -0.2) is 5.11 Å². The van der Waals surface area contributed by atoms with E-state index in [0.29, 0.717) is 5.02 Å². The maximum Gasteiger partial charge on any atom is 0.112 e. The lowest BCUT2D eigenvalue weighted by atomic mass is 9.87. The first-order valence-electron chi connectivity index (χ1n) is 5.56.